The maximum Gasteiger partial charge on any atom is 0.232 e. The second-order valence-electron chi connectivity index (χ2n) is 4.99. The number of carbonyl (C=O) groups excluding carboxylic acids is 4. The van der Waals surface area contributed by atoms with Crippen LogP contribution in [0.25, 0.3) is 0 Å². The van der Waals surface area contributed by atoms with Crippen LogP contribution in [0.3, 0.4) is 0 Å². The molecule has 1 N–H and O–H groups in total. The van der Waals surface area contributed by atoms with E-state index in [0.717, 1.165) is 4.90 Å². The first-order valence-electron chi connectivity index (χ1n) is 5.67. The van der Waals surface area contributed by atoms with Crippen molar-refractivity contribution in [1.82, 2.24) is 10.2 Å². The van der Waals surface area contributed by atoms with Crippen LogP contribution in [0.1, 0.15) is 12.8 Å². The van der Waals surface area contributed by atoms with Gasteiger partial charge in [0.15, 0.2) is 0 Å². The molecule has 0 aromatic carbocycles. The third-order valence-corrected chi connectivity index (χ3v) is 4.20. The molecule has 4 unspecified atom stereocenters. The molecule has 0 bridgehead atoms. The van der Waals surface area contributed by atoms with Gasteiger partial charge >= 0.3 is 0 Å². The van der Waals surface area contributed by atoms with Crippen molar-refractivity contribution in [3.8, 4) is 0 Å². The van der Waals surface area contributed by atoms with Crippen LogP contribution in [-0.2, 0) is 19.2 Å². The van der Waals surface area contributed by atoms with Gasteiger partial charge in [-0.2, -0.15) is 0 Å². The van der Waals surface area contributed by atoms with E-state index in [9.17, 15) is 19.2 Å². The second kappa shape index (κ2) is 3.15. The van der Waals surface area contributed by atoms with E-state index < -0.39 is 23.7 Å². The molecule has 0 aromatic rings. The van der Waals surface area contributed by atoms with Crippen molar-refractivity contribution >= 4 is 23.6 Å². The standard InChI is InChI=1S/C11H12N2O4/c1-13-10(16)6-2-4-5(3-7(6)11(13)17)9(15)12-8(4)14/h4-7H,2-3H2,1H3,(H,12,14,15). The number of rotatable bonds is 0. The van der Waals surface area contributed by atoms with E-state index in [1.165, 1.54) is 7.05 Å². The van der Waals surface area contributed by atoms with Crippen molar-refractivity contribution in [1.29, 1.82) is 0 Å². The highest BCUT2D eigenvalue weighted by Crippen LogP contribution is 2.45. The highest BCUT2D eigenvalue weighted by molar-refractivity contribution is 6.09. The van der Waals surface area contributed by atoms with Crippen LogP contribution in [-0.4, -0.2) is 35.6 Å². The molecule has 6 nitrogen and oxygen atoms in total. The number of nitrogens with zero attached hydrogens (tertiary/aromatic N) is 1. The van der Waals surface area contributed by atoms with Crippen molar-refractivity contribution < 1.29 is 19.2 Å². The summed E-state index contributed by atoms with van der Waals surface area (Å²) in [5, 5.41) is 2.27. The summed E-state index contributed by atoms with van der Waals surface area (Å²) in [6, 6.07) is 0. The Morgan fingerprint density at radius 1 is 0.882 bits per heavy atom. The normalized spacial score (nSPS) is 40.4. The van der Waals surface area contributed by atoms with Crippen LogP contribution < -0.4 is 5.32 Å². The van der Waals surface area contributed by atoms with E-state index in [1.54, 1.807) is 0 Å². The van der Waals surface area contributed by atoms with Gasteiger partial charge in [-0.15, -0.1) is 0 Å². The Morgan fingerprint density at radius 3 is 1.71 bits per heavy atom. The van der Waals surface area contributed by atoms with Gasteiger partial charge < -0.3 is 0 Å². The molecule has 17 heavy (non-hydrogen) atoms. The number of nitrogens with one attached hydrogen (secondary N) is 1. The molecule has 0 aromatic heterocycles. The van der Waals surface area contributed by atoms with E-state index in [0.29, 0.717) is 12.8 Å². The van der Waals surface area contributed by atoms with Crippen molar-refractivity contribution in [2.24, 2.45) is 23.7 Å². The Hall–Kier alpha value is -1.72. The van der Waals surface area contributed by atoms with Crippen LogP contribution in [0.15, 0.2) is 0 Å². The first-order valence-corrected chi connectivity index (χ1v) is 5.67. The third-order valence-electron chi connectivity index (χ3n) is 4.20. The number of carbonyl (C=O) groups is 4. The lowest BCUT2D eigenvalue weighted by atomic mass is 9.70. The molecule has 4 atom stereocenters. The molecule has 2 aliphatic heterocycles. The molecule has 2 saturated heterocycles. The summed E-state index contributed by atoms with van der Waals surface area (Å²) >= 11 is 0. The minimum Gasteiger partial charge on any atom is -0.296 e. The van der Waals surface area contributed by atoms with Crippen molar-refractivity contribution in [3.05, 3.63) is 0 Å². The molecule has 90 valence electrons. The Balaban J connectivity index is 1.93. The molecular formula is C11H12N2O4. The second-order valence-corrected chi connectivity index (χ2v) is 4.99. The largest absolute Gasteiger partial charge is 0.296 e. The Kier molecular flexibility index (Phi) is 1.93. The quantitative estimate of drug-likeness (QED) is 0.541. The molecule has 1 aliphatic carbocycles. The van der Waals surface area contributed by atoms with Gasteiger partial charge in [0.25, 0.3) is 0 Å². The lowest BCUT2D eigenvalue weighted by Gasteiger charge is -2.28. The fraction of sp³-hybridized carbons (Fsp3) is 0.636. The van der Waals surface area contributed by atoms with Crippen molar-refractivity contribution in [3.63, 3.8) is 0 Å². The highest BCUT2D eigenvalue weighted by Gasteiger charge is 2.56. The molecule has 3 rings (SSSR count). The SMILES string of the molecule is CN1C(=O)C2CC3C(=O)NC(=O)C3CC2C1=O. The molecule has 3 aliphatic rings. The first-order chi connectivity index (χ1) is 8.00. The molecular weight excluding hydrogens is 224 g/mol. The van der Waals surface area contributed by atoms with E-state index in [-0.39, 0.29) is 23.6 Å². The van der Waals surface area contributed by atoms with Crippen LogP contribution in [0.4, 0.5) is 0 Å². The molecule has 0 radical (unpaired) electrons. The van der Waals surface area contributed by atoms with Crippen molar-refractivity contribution in [2.45, 2.75) is 12.8 Å². The lowest BCUT2D eigenvalue weighted by molar-refractivity contribution is -0.138. The summed E-state index contributed by atoms with van der Waals surface area (Å²) in [7, 11) is 1.46. The first kappa shape index (κ1) is 10.4. The molecule has 3 fully saturated rings. The average Bonchev–Trinajstić information content (AvgIpc) is 2.70. The van der Waals surface area contributed by atoms with Gasteiger partial charge in [-0.05, 0) is 12.8 Å². The minimum atomic E-state index is -0.424. The van der Waals surface area contributed by atoms with Crippen LogP contribution in [0, 0.1) is 23.7 Å². The Morgan fingerprint density at radius 2 is 1.29 bits per heavy atom. The number of amides is 4. The summed E-state index contributed by atoms with van der Waals surface area (Å²) in [4.78, 5) is 47.8. The van der Waals surface area contributed by atoms with Crippen LogP contribution in [0.2, 0.25) is 0 Å². The van der Waals surface area contributed by atoms with Gasteiger partial charge in [-0.25, -0.2) is 0 Å². The predicted octanol–water partition coefficient (Wildman–Crippen LogP) is -1.10. The van der Waals surface area contributed by atoms with E-state index in [1.807, 2.05) is 0 Å². The number of hydrogen-bond acceptors (Lipinski definition) is 4. The molecule has 1 saturated carbocycles. The zero-order valence-electron chi connectivity index (χ0n) is 9.30. The maximum absolute atomic E-state index is 11.8. The fourth-order valence-electron chi connectivity index (χ4n) is 3.24. The fourth-order valence-corrected chi connectivity index (χ4v) is 3.24. The Bertz CT molecular complexity index is 418. The van der Waals surface area contributed by atoms with Gasteiger partial charge in [-0.1, -0.05) is 0 Å². The topological polar surface area (TPSA) is 83.6 Å². The smallest absolute Gasteiger partial charge is 0.232 e. The molecule has 2 heterocycles. The third kappa shape index (κ3) is 1.20. The van der Waals surface area contributed by atoms with E-state index in [4.69, 9.17) is 0 Å². The number of likely N-dealkylation sites (tertiary alicyclic amines) is 1. The van der Waals surface area contributed by atoms with E-state index >= 15 is 0 Å². The zero-order chi connectivity index (χ0) is 12.3. The van der Waals surface area contributed by atoms with Gasteiger partial charge in [0.2, 0.25) is 23.6 Å². The zero-order valence-corrected chi connectivity index (χ0v) is 9.30. The molecule has 4 amide bonds. The van der Waals surface area contributed by atoms with Crippen LogP contribution >= 0.6 is 0 Å². The predicted molar refractivity (Wildman–Crippen MR) is 54.1 cm³/mol. The summed E-state index contributed by atoms with van der Waals surface area (Å²) < 4.78 is 0. The molecule has 0 spiro atoms. The average molecular weight is 236 g/mol. The lowest BCUT2D eigenvalue weighted by Crippen LogP contribution is -2.35. The number of imide groups is 2. The van der Waals surface area contributed by atoms with Crippen molar-refractivity contribution in [2.75, 3.05) is 7.05 Å². The summed E-state index contributed by atoms with van der Waals surface area (Å²) in [6.45, 7) is 0. The van der Waals surface area contributed by atoms with Gasteiger partial charge in [0.1, 0.15) is 0 Å². The summed E-state index contributed by atoms with van der Waals surface area (Å²) in [5.74, 6) is -2.70. The number of fused-ring (bicyclic) bond motifs is 2. The summed E-state index contributed by atoms with van der Waals surface area (Å²) in [5.41, 5.74) is 0. The number of hydrogen-bond donors (Lipinski definition) is 1. The minimum absolute atomic E-state index is 0.217. The maximum atomic E-state index is 11.8. The van der Waals surface area contributed by atoms with Gasteiger partial charge in [-0.3, -0.25) is 29.4 Å². The van der Waals surface area contributed by atoms with Crippen LogP contribution in [0.5, 0.6) is 0 Å². The van der Waals surface area contributed by atoms with E-state index in [2.05, 4.69) is 5.32 Å². The summed E-state index contributed by atoms with van der Waals surface area (Å²) in [6.07, 6.45) is 0.643. The molecule has 6 heteroatoms. The van der Waals surface area contributed by atoms with Gasteiger partial charge in [0.05, 0.1) is 23.7 Å². The monoisotopic (exact) mass is 236 g/mol. The highest BCUT2D eigenvalue weighted by atomic mass is 16.2. The van der Waals surface area contributed by atoms with Gasteiger partial charge in [0, 0.05) is 7.05 Å². The Labute approximate surface area is 97.3 Å².